The molecule has 2 aromatic carbocycles. The van der Waals surface area contributed by atoms with E-state index in [9.17, 15) is 4.79 Å². The molecule has 0 fully saturated rings. The molecule has 0 saturated heterocycles. The van der Waals surface area contributed by atoms with Crippen LogP contribution in [0, 0.1) is 6.92 Å². The molecule has 0 saturated carbocycles. The molecule has 1 aliphatic heterocycles. The van der Waals surface area contributed by atoms with E-state index >= 15 is 0 Å². The van der Waals surface area contributed by atoms with E-state index in [0.29, 0.717) is 10.6 Å². The summed E-state index contributed by atoms with van der Waals surface area (Å²) in [6, 6.07) is 17.2. The number of anilines is 2. The van der Waals surface area contributed by atoms with Crippen LogP contribution in [0.5, 0.6) is 0 Å². The van der Waals surface area contributed by atoms with Gasteiger partial charge in [-0.1, -0.05) is 35.9 Å². The van der Waals surface area contributed by atoms with Crippen LogP contribution in [-0.4, -0.2) is 10.9 Å². The predicted octanol–water partition coefficient (Wildman–Crippen LogP) is 4.81. The van der Waals surface area contributed by atoms with E-state index in [1.165, 1.54) is 0 Å². The van der Waals surface area contributed by atoms with Crippen molar-refractivity contribution in [3.05, 3.63) is 88.7 Å². The second kappa shape index (κ2) is 6.22. The molecule has 0 aliphatic carbocycles. The number of nitrogens with one attached hydrogen (secondary N) is 1. The van der Waals surface area contributed by atoms with Gasteiger partial charge < -0.3 is 5.32 Å². The average Bonchev–Trinajstić information content (AvgIpc) is 2.91. The number of amides is 1. The van der Waals surface area contributed by atoms with E-state index in [2.05, 4.69) is 10.3 Å². The molecule has 1 N–H and O–H groups in total. The van der Waals surface area contributed by atoms with Crippen molar-refractivity contribution in [1.29, 1.82) is 0 Å². The van der Waals surface area contributed by atoms with Crippen molar-refractivity contribution in [2.24, 2.45) is 0 Å². The fourth-order valence-electron chi connectivity index (χ4n) is 3.06. The highest BCUT2D eigenvalue weighted by Gasteiger charge is 2.37. The van der Waals surface area contributed by atoms with Crippen LogP contribution < -0.4 is 10.2 Å². The maximum Gasteiger partial charge on any atom is 0.260 e. The third-order valence-electron chi connectivity index (χ3n) is 4.36. The van der Waals surface area contributed by atoms with Gasteiger partial charge in [-0.15, -0.1) is 0 Å². The molecule has 1 aromatic heterocycles. The third-order valence-corrected chi connectivity index (χ3v) is 4.77. The number of carbonyl (C=O) groups is 1. The minimum absolute atomic E-state index is 0.0423. The lowest BCUT2D eigenvalue weighted by molar-refractivity contribution is 0.0993. The lowest BCUT2D eigenvalue weighted by Crippen LogP contribution is -2.32. The van der Waals surface area contributed by atoms with E-state index in [0.717, 1.165) is 22.5 Å². The number of hydrogen-bond acceptors (Lipinski definition) is 3. The molecule has 1 aliphatic rings. The summed E-state index contributed by atoms with van der Waals surface area (Å²) < 4.78 is 0. The minimum Gasteiger partial charge on any atom is -0.361 e. The Bertz CT molecular complexity index is 943. The summed E-state index contributed by atoms with van der Waals surface area (Å²) in [4.78, 5) is 18.8. The molecular formula is C20H16ClN3O. The molecule has 0 spiro atoms. The van der Waals surface area contributed by atoms with Crippen molar-refractivity contribution in [3.63, 3.8) is 0 Å². The van der Waals surface area contributed by atoms with Crippen molar-refractivity contribution in [1.82, 2.24) is 4.98 Å². The normalized spacial score (nSPS) is 16.0. The van der Waals surface area contributed by atoms with Crippen molar-refractivity contribution >= 4 is 28.9 Å². The topological polar surface area (TPSA) is 45.2 Å². The minimum atomic E-state index is -0.313. The van der Waals surface area contributed by atoms with Gasteiger partial charge in [0.05, 0.1) is 11.9 Å². The van der Waals surface area contributed by atoms with Crippen LogP contribution in [0.3, 0.4) is 0 Å². The number of halogens is 1. The number of pyridine rings is 1. The number of rotatable bonds is 3. The third kappa shape index (κ3) is 2.75. The van der Waals surface area contributed by atoms with Crippen molar-refractivity contribution in [2.45, 2.75) is 13.1 Å². The zero-order chi connectivity index (χ0) is 17.4. The van der Waals surface area contributed by atoms with E-state index < -0.39 is 0 Å². The molecule has 4 rings (SSSR count). The molecule has 0 bridgehead atoms. The van der Waals surface area contributed by atoms with Gasteiger partial charge in [0.1, 0.15) is 6.17 Å². The maximum absolute atomic E-state index is 13.0. The number of benzene rings is 2. The Morgan fingerprint density at radius 1 is 1.12 bits per heavy atom. The summed E-state index contributed by atoms with van der Waals surface area (Å²) in [6.45, 7) is 1.96. The molecule has 25 heavy (non-hydrogen) atoms. The second-order valence-corrected chi connectivity index (χ2v) is 6.39. The number of carbonyl (C=O) groups excluding carboxylic acids is 1. The molecule has 5 heteroatoms. The lowest BCUT2D eigenvalue weighted by atomic mass is 10.1. The van der Waals surface area contributed by atoms with Crippen LogP contribution >= 0.6 is 11.6 Å². The van der Waals surface area contributed by atoms with Crippen LogP contribution in [0.15, 0.2) is 67.0 Å². The fourth-order valence-corrected chi connectivity index (χ4v) is 3.24. The van der Waals surface area contributed by atoms with E-state index in [1.807, 2.05) is 61.5 Å². The molecule has 124 valence electrons. The summed E-state index contributed by atoms with van der Waals surface area (Å²) >= 11 is 6.25. The highest BCUT2D eigenvalue weighted by Crippen LogP contribution is 2.38. The molecule has 0 radical (unpaired) electrons. The smallest absolute Gasteiger partial charge is 0.260 e. The van der Waals surface area contributed by atoms with Crippen LogP contribution in [0.2, 0.25) is 5.02 Å². The predicted molar refractivity (Wildman–Crippen MR) is 100 cm³/mol. The first-order valence-corrected chi connectivity index (χ1v) is 8.38. The fraction of sp³-hybridized carbons (Fsp3) is 0.100. The molecular weight excluding hydrogens is 334 g/mol. The van der Waals surface area contributed by atoms with E-state index in [1.54, 1.807) is 17.3 Å². The number of aromatic nitrogens is 1. The van der Waals surface area contributed by atoms with Gasteiger partial charge in [0.25, 0.3) is 5.91 Å². The molecule has 4 nitrogen and oxygen atoms in total. The van der Waals surface area contributed by atoms with Gasteiger partial charge in [0, 0.05) is 28.0 Å². The van der Waals surface area contributed by atoms with Crippen LogP contribution in [0.25, 0.3) is 0 Å². The number of aryl methyl sites for hydroxylation is 1. The molecule has 2 heterocycles. The van der Waals surface area contributed by atoms with Crippen molar-refractivity contribution in [3.8, 4) is 0 Å². The Balaban J connectivity index is 1.78. The van der Waals surface area contributed by atoms with Crippen LogP contribution in [0.4, 0.5) is 11.4 Å². The quantitative estimate of drug-likeness (QED) is 0.737. The molecule has 1 amide bonds. The monoisotopic (exact) mass is 349 g/mol. The highest BCUT2D eigenvalue weighted by molar-refractivity contribution is 6.31. The molecule has 1 atom stereocenters. The maximum atomic E-state index is 13.0. The van der Waals surface area contributed by atoms with Gasteiger partial charge in [-0.05, 0) is 42.8 Å². The van der Waals surface area contributed by atoms with E-state index in [4.69, 9.17) is 11.6 Å². The van der Waals surface area contributed by atoms with Crippen LogP contribution in [0.1, 0.15) is 27.7 Å². The summed E-state index contributed by atoms with van der Waals surface area (Å²) in [6.07, 6.45) is 3.08. The van der Waals surface area contributed by atoms with Gasteiger partial charge in [-0.25, -0.2) is 0 Å². The molecule has 3 aromatic rings. The summed E-state index contributed by atoms with van der Waals surface area (Å²) in [5.74, 6) is -0.0423. The Morgan fingerprint density at radius 3 is 2.72 bits per heavy atom. The largest absolute Gasteiger partial charge is 0.361 e. The van der Waals surface area contributed by atoms with Gasteiger partial charge in [-0.2, -0.15) is 0 Å². The SMILES string of the molecule is Cc1ccc(N[C@@H]2c3ccccc3C(=O)N2c2cccnc2)cc1Cl. The highest BCUT2D eigenvalue weighted by atomic mass is 35.5. The average molecular weight is 350 g/mol. The van der Waals surface area contributed by atoms with Gasteiger partial charge in [0.2, 0.25) is 0 Å². The van der Waals surface area contributed by atoms with Crippen LogP contribution in [-0.2, 0) is 0 Å². The zero-order valence-electron chi connectivity index (χ0n) is 13.6. The summed E-state index contributed by atoms with van der Waals surface area (Å²) in [5, 5.41) is 4.13. The Morgan fingerprint density at radius 2 is 1.96 bits per heavy atom. The Labute approximate surface area is 151 Å². The zero-order valence-corrected chi connectivity index (χ0v) is 14.4. The van der Waals surface area contributed by atoms with Gasteiger partial charge >= 0.3 is 0 Å². The summed E-state index contributed by atoms with van der Waals surface area (Å²) in [7, 11) is 0. The standard InChI is InChI=1S/C20H16ClN3O/c1-13-8-9-14(11-18(13)21)23-19-16-6-2-3-7-17(16)20(25)24(19)15-5-4-10-22-12-15/h2-12,19,23H,1H3/t19-/m0/s1. The second-order valence-electron chi connectivity index (χ2n) is 5.98. The summed E-state index contributed by atoms with van der Waals surface area (Å²) in [5.41, 5.74) is 4.26. The first-order valence-electron chi connectivity index (χ1n) is 8.00. The number of fused-ring (bicyclic) bond motifs is 1. The Kier molecular flexibility index (Phi) is 3.90. The van der Waals surface area contributed by atoms with Gasteiger partial charge in [0.15, 0.2) is 0 Å². The first-order chi connectivity index (χ1) is 12.1. The van der Waals surface area contributed by atoms with Gasteiger partial charge in [-0.3, -0.25) is 14.7 Å². The van der Waals surface area contributed by atoms with Crippen molar-refractivity contribution in [2.75, 3.05) is 10.2 Å². The number of hydrogen-bond donors (Lipinski definition) is 1. The van der Waals surface area contributed by atoms with Crippen molar-refractivity contribution < 1.29 is 4.79 Å². The molecule has 0 unspecified atom stereocenters. The number of nitrogens with zero attached hydrogens (tertiary/aromatic N) is 2. The lowest BCUT2D eigenvalue weighted by Gasteiger charge is -2.27. The van der Waals surface area contributed by atoms with E-state index in [-0.39, 0.29) is 12.1 Å². The first kappa shape index (κ1) is 15.7. The Hall–Kier alpha value is -2.85.